The van der Waals surface area contributed by atoms with Gasteiger partial charge in [0.05, 0.1) is 6.61 Å². The molecule has 0 bridgehead atoms. The summed E-state index contributed by atoms with van der Waals surface area (Å²) in [6, 6.07) is 1.83. The molecular formula is C12H15NO3. The maximum absolute atomic E-state index is 11.7. The standard InChI is InChI=1S/C12H15NO3/c1-4-16-11(14)6-5-10-9(2)7-8-13(3)12(10)15/h5-8H,4H2,1-3H3/b6-5+. The number of nitrogens with zero attached hydrogens (tertiary/aromatic N) is 1. The van der Waals surface area contributed by atoms with Crippen molar-refractivity contribution in [1.29, 1.82) is 0 Å². The van der Waals surface area contributed by atoms with Crippen LogP contribution in [0.2, 0.25) is 0 Å². The maximum Gasteiger partial charge on any atom is 0.330 e. The van der Waals surface area contributed by atoms with Crippen molar-refractivity contribution < 1.29 is 9.53 Å². The van der Waals surface area contributed by atoms with Crippen molar-refractivity contribution in [3.63, 3.8) is 0 Å². The highest BCUT2D eigenvalue weighted by Gasteiger charge is 2.02. The van der Waals surface area contributed by atoms with Gasteiger partial charge in [-0.2, -0.15) is 0 Å². The van der Waals surface area contributed by atoms with E-state index in [1.807, 2.05) is 13.0 Å². The first-order valence-electron chi connectivity index (χ1n) is 5.07. The summed E-state index contributed by atoms with van der Waals surface area (Å²) in [6.45, 7) is 3.89. The largest absolute Gasteiger partial charge is 0.463 e. The highest BCUT2D eigenvalue weighted by molar-refractivity contribution is 5.87. The number of carbonyl (C=O) groups is 1. The van der Waals surface area contributed by atoms with Crippen LogP contribution in [0.15, 0.2) is 23.1 Å². The molecule has 0 unspecified atom stereocenters. The van der Waals surface area contributed by atoms with Crippen LogP contribution in [0, 0.1) is 6.92 Å². The van der Waals surface area contributed by atoms with Crippen LogP contribution < -0.4 is 5.56 Å². The Morgan fingerprint density at radius 2 is 2.25 bits per heavy atom. The molecule has 4 nitrogen and oxygen atoms in total. The Labute approximate surface area is 94.2 Å². The lowest BCUT2D eigenvalue weighted by Crippen LogP contribution is -2.19. The Kier molecular flexibility index (Phi) is 4.05. The van der Waals surface area contributed by atoms with Crippen molar-refractivity contribution in [2.75, 3.05) is 6.61 Å². The molecule has 0 aliphatic heterocycles. The highest BCUT2D eigenvalue weighted by Crippen LogP contribution is 2.03. The van der Waals surface area contributed by atoms with Crippen LogP contribution >= 0.6 is 0 Å². The molecule has 0 N–H and O–H groups in total. The molecule has 0 aliphatic carbocycles. The molecular weight excluding hydrogens is 206 g/mol. The minimum atomic E-state index is -0.437. The van der Waals surface area contributed by atoms with E-state index in [1.165, 1.54) is 16.7 Å². The molecule has 0 atom stereocenters. The Bertz CT molecular complexity index is 472. The molecule has 0 radical (unpaired) electrons. The van der Waals surface area contributed by atoms with Crippen molar-refractivity contribution in [3.05, 3.63) is 39.8 Å². The van der Waals surface area contributed by atoms with Gasteiger partial charge >= 0.3 is 5.97 Å². The SMILES string of the molecule is CCOC(=O)/C=C/c1c(C)ccn(C)c1=O. The van der Waals surface area contributed by atoms with E-state index < -0.39 is 5.97 Å². The monoisotopic (exact) mass is 221 g/mol. The first-order valence-corrected chi connectivity index (χ1v) is 5.07. The van der Waals surface area contributed by atoms with E-state index in [-0.39, 0.29) is 5.56 Å². The van der Waals surface area contributed by atoms with Crippen molar-refractivity contribution in [2.24, 2.45) is 7.05 Å². The van der Waals surface area contributed by atoms with Crippen LogP contribution in [0.1, 0.15) is 18.1 Å². The van der Waals surface area contributed by atoms with Crippen molar-refractivity contribution >= 4 is 12.0 Å². The number of carbonyl (C=O) groups excluding carboxylic acids is 1. The highest BCUT2D eigenvalue weighted by atomic mass is 16.5. The third-order valence-corrected chi connectivity index (χ3v) is 2.20. The van der Waals surface area contributed by atoms with Gasteiger partial charge in [0, 0.05) is 24.9 Å². The van der Waals surface area contributed by atoms with Gasteiger partial charge in [0.1, 0.15) is 0 Å². The molecule has 0 saturated heterocycles. The second-order valence-corrected chi connectivity index (χ2v) is 3.41. The number of hydrogen-bond donors (Lipinski definition) is 0. The molecule has 4 heteroatoms. The number of aromatic nitrogens is 1. The number of pyridine rings is 1. The van der Waals surface area contributed by atoms with Gasteiger partial charge in [0.25, 0.3) is 5.56 Å². The van der Waals surface area contributed by atoms with E-state index in [0.717, 1.165) is 5.56 Å². The Hall–Kier alpha value is -1.84. The van der Waals surface area contributed by atoms with Gasteiger partial charge in [-0.25, -0.2) is 4.79 Å². The van der Waals surface area contributed by atoms with Crippen LogP contribution in [-0.2, 0) is 16.6 Å². The molecule has 0 aliphatic rings. The summed E-state index contributed by atoms with van der Waals surface area (Å²) in [4.78, 5) is 22.8. The zero-order valence-electron chi connectivity index (χ0n) is 9.69. The maximum atomic E-state index is 11.7. The fourth-order valence-corrected chi connectivity index (χ4v) is 1.28. The first kappa shape index (κ1) is 12.2. The first-order chi connectivity index (χ1) is 7.56. The van der Waals surface area contributed by atoms with Gasteiger partial charge in [0.2, 0.25) is 0 Å². The van der Waals surface area contributed by atoms with Gasteiger partial charge in [0.15, 0.2) is 0 Å². The number of esters is 1. The summed E-state index contributed by atoms with van der Waals surface area (Å²) < 4.78 is 6.21. The van der Waals surface area contributed by atoms with Gasteiger partial charge in [-0.15, -0.1) is 0 Å². The molecule has 1 aromatic heterocycles. The summed E-state index contributed by atoms with van der Waals surface area (Å²) in [6.07, 6.45) is 4.46. The van der Waals surface area contributed by atoms with Gasteiger partial charge in [-0.3, -0.25) is 4.79 Å². The van der Waals surface area contributed by atoms with Crippen LogP contribution in [0.5, 0.6) is 0 Å². The smallest absolute Gasteiger partial charge is 0.330 e. The zero-order chi connectivity index (χ0) is 12.1. The van der Waals surface area contributed by atoms with E-state index in [4.69, 9.17) is 4.74 Å². The van der Waals surface area contributed by atoms with Crippen molar-refractivity contribution in [2.45, 2.75) is 13.8 Å². The quantitative estimate of drug-likeness (QED) is 0.570. The number of rotatable bonds is 3. The zero-order valence-corrected chi connectivity index (χ0v) is 9.69. The third-order valence-electron chi connectivity index (χ3n) is 2.20. The van der Waals surface area contributed by atoms with Gasteiger partial charge in [-0.05, 0) is 31.6 Å². The molecule has 1 heterocycles. The summed E-state index contributed by atoms with van der Waals surface area (Å²) in [5.74, 6) is -0.437. The predicted octanol–water partition coefficient (Wildman–Crippen LogP) is 1.27. The number of ether oxygens (including phenoxy) is 1. The Morgan fingerprint density at radius 1 is 1.56 bits per heavy atom. The molecule has 1 aromatic rings. The average molecular weight is 221 g/mol. The predicted molar refractivity (Wildman–Crippen MR) is 62.1 cm³/mol. The molecule has 0 fully saturated rings. The van der Waals surface area contributed by atoms with Gasteiger partial charge in [-0.1, -0.05) is 0 Å². The topological polar surface area (TPSA) is 48.3 Å². The Morgan fingerprint density at radius 3 is 2.88 bits per heavy atom. The lowest BCUT2D eigenvalue weighted by atomic mass is 10.1. The van der Waals surface area contributed by atoms with Crippen LogP contribution in [0.3, 0.4) is 0 Å². The summed E-state index contributed by atoms with van der Waals surface area (Å²) in [5, 5.41) is 0. The Balaban J connectivity index is 3.02. The average Bonchev–Trinajstić information content (AvgIpc) is 2.24. The summed E-state index contributed by atoms with van der Waals surface area (Å²) >= 11 is 0. The number of aryl methyl sites for hydroxylation is 2. The third kappa shape index (κ3) is 2.82. The fourth-order valence-electron chi connectivity index (χ4n) is 1.28. The van der Waals surface area contributed by atoms with E-state index in [9.17, 15) is 9.59 Å². The molecule has 1 rings (SSSR count). The number of hydrogen-bond acceptors (Lipinski definition) is 3. The summed E-state index contributed by atoms with van der Waals surface area (Å²) in [5.41, 5.74) is 1.22. The van der Waals surface area contributed by atoms with Gasteiger partial charge < -0.3 is 9.30 Å². The van der Waals surface area contributed by atoms with E-state index in [0.29, 0.717) is 12.2 Å². The summed E-state index contributed by atoms with van der Waals surface area (Å²) in [7, 11) is 1.67. The minimum Gasteiger partial charge on any atom is -0.463 e. The van der Waals surface area contributed by atoms with E-state index >= 15 is 0 Å². The second-order valence-electron chi connectivity index (χ2n) is 3.41. The van der Waals surface area contributed by atoms with E-state index in [2.05, 4.69) is 0 Å². The lowest BCUT2D eigenvalue weighted by Gasteiger charge is -2.02. The molecule has 0 amide bonds. The molecule has 0 spiro atoms. The normalized spacial score (nSPS) is 10.7. The molecule has 16 heavy (non-hydrogen) atoms. The molecule has 86 valence electrons. The van der Waals surface area contributed by atoms with E-state index in [1.54, 1.807) is 20.2 Å². The minimum absolute atomic E-state index is 0.124. The lowest BCUT2D eigenvalue weighted by molar-refractivity contribution is -0.137. The van der Waals surface area contributed by atoms with Crippen LogP contribution in [0.25, 0.3) is 6.08 Å². The van der Waals surface area contributed by atoms with Crippen molar-refractivity contribution in [1.82, 2.24) is 4.57 Å². The second kappa shape index (κ2) is 5.30. The molecule has 0 aromatic carbocycles. The fraction of sp³-hybridized carbons (Fsp3) is 0.333. The van der Waals surface area contributed by atoms with Crippen molar-refractivity contribution in [3.8, 4) is 0 Å². The van der Waals surface area contributed by atoms with Crippen LogP contribution in [0.4, 0.5) is 0 Å². The van der Waals surface area contributed by atoms with Crippen LogP contribution in [-0.4, -0.2) is 17.1 Å². The molecule has 0 saturated carbocycles.